The number of hydrogen-bond donors (Lipinski definition) is 0. The van der Waals surface area contributed by atoms with E-state index in [9.17, 15) is 0 Å². The zero-order valence-corrected chi connectivity index (χ0v) is 33.2. The first-order chi connectivity index (χ1) is 23.3. The molecule has 0 bridgehead atoms. The summed E-state index contributed by atoms with van der Waals surface area (Å²) in [7, 11) is 0. The van der Waals surface area contributed by atoms with Gasteiger partial charge >= 0.3 is 0 Å². The fraction of sp³-hybridized carbons (Fsp3) is 0.956. The molecule has 280 valence electrons. The molecule has 0 aromatic heterocycles. The van der Waals surface area contributed by atoms with E-state index in [1.165, 1.54) is 251 Å². The lowest BCUT2D eigenvalue weighted by Crippen LogP contribution is -2.39. The lowest BCUT2D eigenvalue weighted by Gasteiger charge is -2.33. The van der Waals surface area contributed by atoms with Crippen LogP contribution in [0.3, 0.4) is 0 Å². The summed E-state index contributed by atoms with van der Waals surface area (Å²) in [6.45, 7) is 9.48. The van der Waals surface area contributed by atoms with E-state index in [0.29, 0.717) is 6.17 Å². The summed E-state index contributed by atoms with van der Waals surface area (Å²) in [4.78, 5) is 5.40. The molecular formula is C45H90N2. The molecule has 1 rings (SSSR count). The largest absolute Gasteiger partial charge is 0.356 e. The van der Waals surface area contributed by atoms with Crippen molar-refractivity contribution in [1.29, 1.82) is 0 Å². The molecule has 1 aliphatic heterocycles. The van der Waals surface area contributed by atoms with E-state index in [0.717, 1.165) is 0 Å². The molecule has 0 aliphatic carbocycles. The summed E-state index contributed by atoms with van der Waals surface area (Å²) in [6, 6.07) is 0. The van der Waals surface area contributed by atoms with Gasteiger partial charge in [-0.15, -0.1) is 0 Å². The van der Waals surface area contributed by atoms with Gasteiger partial charge in [0.15, 0.2) is 0 Å². The summed E-state index contributed by atoms with van der Waals surface area (Å²) in [5, 5.41) is 0. The minimum absolute atomic E-state index is 0.638. The number of rotatable bonds is 39. The molecule has 1 unspecified atom stereocenters. The molecule has 0 fully saturated rings. The van der Waals surface area contributed by atoms with Gasteiger partial charge in [0.1, 0.15) is 6.17 Å². The van der Waals surface area contributed by atoms with Crippen molar-refractivity contribution in [3.63, 3.8) is 0 Å². The van der Waals surface area contributed by atoms with E-state index in [1.54, 1.807) is 0 Å². The molecule has 0 N–H and O–H groups in total. The molecule has 2 heteroatoms. The van der Waals surface area contributed by atoms with Crippen LogP contribution in [0.5, 0.6) is 0 Å². The molecule has 0 saturated carbocycles. The van der Waals surface area contributed by atoms with Crippen molar-refractivity contribution < 1.29 is 0 Å². The first-order valence-electron chi connectivity index (χ1n) is 22.5. The van der Waals surface area contributed by atoms with E-state index in [1.807, 2.05) is 0 Å². The van der Waals surface area contributed by atoms with Crippen LogP contribution in [0.4, 0.5) is 0 Å². The molecule has 0 saturated heterocycles. The van der Waals surface area contributed by atoms with Crippen LogP contribution in [-0.2, 0) is 0 Å². The smallest absolute Gasteiger partial charge is 0.101 e. The van der Waals surface area contributed by atoms with Gasteiger partial charge in [-0.2, -0.15) is 0 Å². The summed E-state index contributed by atoms with van der Waals surface area (Å²) in [5.74, 6) is 0. The monoisotopic (exact) mass is 659 g/mol. The maximum Gasteiger partial charge on any atom is 0.101 e. The van der Waals surface area contributed by atoms with Crippen LogP contribution in [0.25, 0.3) is 0 Å². The van der Waals surface area contributed by atoms with Crippen molar-refractivity contribution in [2.45, 2.75) is 265 Å². The summed E-state index contributed by atoms with van der Waals surface area (Å²) in [6.07, 6.45) is 59.0. The minimum Gasteiger partial charge on any atom is -0.356 e. The fourth-order valence-corrected chi connectivity index (χ4v) is 7.78. The van der Waals surface area contributed by atoms with Gasteiger partial charge in [0.05, 0.1) is 0 Å². The van der Waals surface area contributed by atoms with Crippen LogP contribution in [0.15, 0.2) is 12.4 Å². The molecule has 1 aliphatic rings. The van der Waals surface area contributed by atoms with Gasteiger partial charge < -0.3 is 9.80 Å². The highest BCUT2D eigenvalue weighted by atomic mass is 15.4. The SMILES string of the molecule is CCCCCCCCCCCCCCCCCCCC1N(CCCCC)C=CN1CCCCCCCCCCCCCCCCCC. The van der Waals surface area contributed by atoms with Gasteiger partial charge in [0, 0.05) is 25.5 Å². The number of unbranched alkanes of at least 4 members (excludes halogenated alkanes) is 33. The fourth-order valence-electron chi connectivity index (χ4n) is 7.78. The Morgan fingerprint density at radius 3 is 0.787 bits per heavy atom. The van der Waals surface area contributed by atoms with Crippen molar-refractivity contribution in [3.05, 3.63) is 12.4 Å². The predicted molar refractivity (Wildman–Crippen MR) is 214 cm³/mol. The second kappa shape index (κ2) is 36.6. The van der Waals surface area contributed by atoms with Gasteiger partial charge in [-0.3, -0.25) is 0 Å². The molecule has 1 atom stereocenters. The lowest BCUT2D eigenvalue weighted by atomic mass is 10.0. The quantitative estimate of drug-likeness (QED) is 0.0606. The molecule has 0 spiro atoms. The zero-order chi connectivity index (χ0) is 33.7. The zero-order valence-electron chi connectivity index (χ0n) is 33.2. The molecule has 0 radical (unpaired) electrons. The van der Waals surface area contributed by atoms with Crippen molar-refractivity contribution >= 4 is 0 Å². The summed E-state index contributed by atoms with van der Waals surface area (Å²) >= 11 is 0. The van der Waals surface area contributed by atoms with E-state index in [2.05, 4.69) is 43.0 Å². The third kappa shape index (κ3) is 28.8. The van der Waals surface area contributed by atoms with Crippen LogP contribution < -0.4 is 0 Å². The topological polar surface area (TPSA) is 6.48 Å². The van der Waals surface area contributed by atoms with Crippen LogP contribution >= 0.6 is 0 Å². The second-order valence-corrected chi connectivity index (χ2v) is 15.7. The predicted octanol–water partition coefficient (Wildman–Crippen LogP) is 15.9. The Hall–Kier alpha value is -0.660. The van der Waals surface area contributed by atoms with Gasteiger partial charge in [-0.25, -0.2) is 0 Å². The Morgan fingerprint density at radius 1 is 0.277 bits per heavy atom. The number of nitrogens with zero attached hydrogens (tertiary/aromatic N) is 2. The molecule has 1 heterocycles. The van der Waals surface area contributed by atoms with Crippen LogP contribution in [-0.4, -0.2) is 29.1 Å². The normalized spacial score (nSPS) is 14.7. The Balaban J connectivity index is 2.02. The van der Waals surface area contributed by atoms with Gasteiger partial charge in [-0.05, 0) is 25.7 Å². The van der Waals surface area contributed by atoms with Crippen molar-refractivity contribution in [2.24, 2.45) is 0 Å². The Morgan fingerprint density at radius 2 is 0.489 bits per heavy atom. The van der Waals surface area contributed by atoms with E-state index in [4.69, 9.17) is 0 Å². The molecule has 0 amide bonds. The molecular weight excluding hydrogens is 569 g/mol. The van der Waals surface area contributed by atoms with Crippen LogP contribution in [0.1, 0.15) is 258 Å². The molecule has 0 aromatic carbocycles. The minimum atomic E-state index is 0.638. The summed E-state index contributed by atoms with van der Waals surface area (Å²) in [5.41, 5.74) is 0. The molecule has 2 nitrogen and oxygen atoms in total. The third-order valence-corrected chi connectivity index (χ3v) is 11.1. The highest BCUT2D eigenvalue weighted by Crippen LogP contribution is 2.24. The maximum atomic E-state index is 2.71. The number of hydrogen-bond acceptors (Lipinski definition) is 2. The van der Waals surface area contributed by atoms with E-state index < -0.39 is 0 Å². The highest BCUT2D eigenvalue weighted by Gasteiger charge is 2.24. The highest BCUT2D eigenvalue weighted by molar-refractivity contribution is 4.97. The van der Waals surface area contributed by atoms with Gasteiger partial charge in [0.25, 0.3) is 0 Å². The first kappa shape index (κ1) is 44.4. The average Bonchev–Trinajstić information content (AvgIpc) is 3.46. The standard InChI is InChI=1S/C45H90N2/c1-4-7-10-12-14-16-18-20-22-24-25-27-29-31-33-35-37-40-45-46(41-38-9-6-3)43-44-47(45)42-39-36-34-32-30-28-26-23-21-19-17-15-13-11-8-5-2/h43-45H,4-42H2,1-3H3. The molecule has 0 aromatic rings. The van der Waals surface area contributed by atoms with E-state index >= 15 is 0 Å². The van der Waals surface area contributed by atoms with Gasteiger partial charge in [-0.1, -0.05) is 233 Å². The Kier molecular flexibility index (Phi) is 34.6. The summed E-state index contributed by atoms with van der Waals surface area (Å²) < 4.78 is 0. The lowest BCUT2D eigenvalue weighted by molar-refractivity contribution is 0.135. The second-order valence-electron chi connectivity index (χ2n) is 15.7. The van der Waals surface area contributed by atoms with Crippen molar-refractivity contribution in [1.82, 2.24) is 9.80 Å². The van der Waals surface area contributed by atoms with Crippen LogP contribution in [0.2, 0.25) is 0 Å². The van der Waals surface area contributed by atoms with Crippen LogP contribution in [0, 0.1) is 0 Å². The Bertz CT molecular complexity index is 615. The van der Waals surface area contributed by atoms with Crippen molar-refractivity contribution in [2.75, 3.05) is 13.1 Å². The average molecular weight is 659 g/mol. The maximum absolute atomic E-state index is 2.71. The first-order valence-corrected chi connectivity index (χ1v) is 22.5. The molecule has 47 heavy (non-hydrogen) atoms. The third-order valence-electron chi connectivity index (χ3n) is 11.1. The van der Waals surface area contributed by atoms with Gasteiger partial charge in [0.2, 0.25) is 0 Å². The van der Waals surface area contributed by atoms with E-state index in [-0.39, 0.29) is 0 Å². The Labute approximate surface area is 299 Å². The van der Waals surface area contributed by atoms with Crippen molar-refractivity contribution in [3.8, 4) is 0 Å².